The van der Waals surface area contributed by atoms with Gasteiger partial charge in [-0.25, -0.2) is 0 Å². The monoisotopic (exact) mass is 88.0 g/mol. The quantitative estimate of drug-likeness (QED) is 0.258. The molecule has 0 fully saturated rings. The Bertz CT molecular complexity index is 3.61. The van der Waals surface area contributed by atoms with E-state index in [4.69, 9.17) is 4.39 Å². The summed E-state index contributed by atoms with van der Waals surface area (Å²) in [5.74, 6) is 0. The first-order chi connectivity index (χ1) is 1.00. The van der Waals surface area contributed by atoms with Crippen LogP contribution < -0.4 is 14.1 Å². The van der Waals surface area contributed by atoms with Gasteiger partial charge in [0.15, 0.2) is 0 Å². The summed E-state index contributed by atoms with van der Waals surface area (Å²) >= 11 is 0. The Morgan fingerprint density at radius 3 is 0.800 bits per heavy atom. The molecule has 0 rings (SSSR count). The van der Waals surface area contributed by atoms with Crippen molar-refractivity contribution in [2.24, 2.45) is 0 Å². The predicted octanol–water partition coefficient (Wildman–Crippen LogP) is -8.49. The standard InChI is InChI=1S/CF.3FH/c1-2;;;/h;3*1H/q+3;;;/p-3. The van der Waals surface area contributed by atoms with Crippen molar-refractivity contribution < 1.29 is 18.5 Å². The van der Waals surface area contributed by atoms with Gasteiger partial charge < -0.3 is 14.1 Å². The molecule has 5 heavy (non-hydrogen) atoms. The van der Waals surface area contributed by atoms with Gasteiger partial charge in [0.25, 0.3) is 0 Å². The van der Waals surface area contributed by atoms with Crippen LogP contribution in [-0.2, 0) is 0 Å². The van der Waals surface area contributed by atoms with Gasteiger partial charge in [-0.15, -0.1) is 0 Å². The van der Waals surface area contributed by atoms with E-state index in [-0.39, 0.29) is 14.1 Å². The van der Waals surface area contributed by atoms with E-state index in [9.17, 15) is 0 Å². The first-order valence-corrected chi connectivity index (χ1v) is 0.189. The molecule has 0 saturated carbocycles. The summed E-state index contributed by atoms with van der Waals surface area (Å²) in [5.41, 5.74) is 0. The van der Waals surface area contributed by atoms with Crippen molar-refractivity contribution in [3.8, 4) is 0 Å². The Morgan fingerprint density at radius 2 is 0.800 bits per heavy atom. The van der Waals surface area contributed by atoms with Crippen LogP contribution >= 0.6 is 0 Å². The fraction of sp³-hybridized carbons (Fsp3) is 0. The van der Waals surface area contributed by atoms with Crippen molar-refractivity contribution in [3.05, 3.63) is 7.18 Å². The second-order valence-electron chi connectivity index (χ2n) is 0. The van der Waals surface area contributed by atoms with E-state index in [1.807, 2.05) is 0 Å². The molecule has 0 amide bonds. The van der Waals surface area contributed by atoms with Crippen molar-refractivity contribution in [2.45, 2.75) is 0 Å². The summed E-state index contributed by atoms with van der Waals surface area (Å²) in [6.07, 6.45) is 0. The normalized spacial score (nSPS) is 1.40. The van der Waals surface area contributed by atoms with Crippen LogP contribution in [0.15, 0.2) is 0 Å². The van der Waals surface area contributed by atoms with Crippen LogP contribution in [0.5, 0.6) is 0 Å². The summed E-state index contributed by atoms with van der Waals surface area (Å²) in [6, 6.07) is 0. The van der Waals surface area contributed by atoms with Gasteiger partial charge in [-0.1, -0.05) is 0 Å². The topological polar surface area (TPSA) is 0 Å². The van der Waals surface area contributed by atoms with Crippen molar-refractivity contribution in [3.63, 3.8) is 0 Å². The zero-order chi connectivity index (χ0) is 2.00. The summed E-state index contributed by atoms with van der Waals surface area (Å²) in [4.78, 5) is 0. The summed E-state index contributed by atoms with van der Waals surface area (Å²) in [6.45, 7) is 0. The molecule has 0 aliphatic rings. The van der Waals surface area contributed by atoms with E-state index in [1.54, 1.807) is 0 Å². The number of hydrogen-bond donors (Lipinski definition) is 0. The minimum atomic E-state index is 0. The van der Waals surface area contributed by atoms with Crippen molar-refractivity contribution in [1.82, 2.24) is 0 Å². The van der Waals surface area contributed by atoms with Gasteiger partial charge in [-0.2, -0.15) is 0 Å². The van der Waals surface area contributed by atoms with E-state index in [2.05, 4.69) is 7.18 Å². The largest absolute Gasteiger partial charge is 1.00 e. The van der Waals surface area contributed by atoms with Crippen LogP contribution in [0.1, 0.15) is 0 Å². The molecule has 0 spiro atoms. The molecule has 0 aliphatic heterocycles. The fourth-order valence-corrected chi connectivity index (χ4v) is 0. The average Bonchev–Trinajstić information content (AvgIpc) is 1.00. The zero-order valence-corrected chi connectivity index (χ0v) is 2.01. The summed E-state index contributed by atoms with van der Waals surface area (Å²) in [5, 5.41) is 0. The van der Waals surface area contributed by atoms with Gasteiger partial charge in [-0.05, 0) is 0 Å². The van der Waals surface area contributed by atoms with Crippen LogP contribution in [0.4, 0.5) is 4.39 Å². The van der Waals surface area contributed by atoms with E-state index >= 15 is 0 Å². The summed E-state index contributed by atoms with van der Waals surface area (Å²) < 4.78 is 8.75. The minimum Gasteiger partial charge on any atom is -1.00 e. The van der Waals surface area contributed by atoms with Gasteiger partial charge in [0.2, 0.25) is 0 Å². The Balaban J connectivity index is -0.00000000167. The van der Waals surface area contributed by atoms with Crippen molar-refractivity contribution in [1.29, 1.82) is 0 Å². The third-order valence-corrected chi connectivity index (χ3v) is 0. The predicted molar refractivity (Wildman–Crippen MR) is 4.35 cm³/mol. The molecule has 0 radical (unpaired) electrons. The van der Waals surface area contributed by atoms with Crippen LogP contribution in [0.25, 0.3) is 0 Å². The minimum absolute atomic E-state index is 0. The molecule has 0 heterocycles. The van der Waals surface area contributed by atoms with Crippen LogP contribution in [0, 0.1) is 7.18 Å². The first-order valence-electron chi connectivity index (χ1n) is 0.189. The fourth-order valence-electron chi connectivity index (χ4n) is 0. The molecule has 4 heteroatoms. The van der Waals surface area contributed by atoms with E-state index in [0.717, 1.165) is 0 Å². The van der Waals surface area contributed by atoms with Crippen LogP contribution in [0.3, 0.4) is 0 Å². The van der Waals surface area contributed by atoms with Gasteiger partial charge in [0, 0.05) is 0 Å². The molecule has 0 atom stereocenters. The van der Waals surface area contributed by atoms with Gasteiger partial charge in [0.1, 0.15) is 0 Å². The second-order valence-corrected chi connectivity index (χ2v) is 0. The number of rotatable bonds is 0. The average molecular weight is 88.0 g/mol. The Morgan fingerprint density at radius 1 is 0.800 bits per heavy atom. The van der Waals surface area contributed by atoms with Crippen LogP contribution in [-0.4, -0.2) is 0 Å². The van der Waals surface area contributed by atoms with Gasteiger partial charge in [-0.3, -0.25) is 0 Å². The molecule has 0 unspecified atom stereocenters. The SMILES string of the molecule is [C+3]F.[F-].[F-].[F-]. The zero-order valence-electron chi connectivity index (χ0n) is 2.01. The third kappa shape index (κ3) is 140. The Hall–Kier alpha value is -0.280. The second kappa shape index (κ2) is 351. The third-order valence-electron chi connectivity index (χ3n) is 0. The molecule has 32 valence electrons. The number of hydrogen-bond acceptors (Lipinski definition) is 0. The molecular formula is CF4. The van der Waals surface area contributed by atoms with Gasteiger partial charge >= 0.3 is 11.6 Å². The molecule has 0 aliphatic carbocycles. The maximum Gasteiger partial charge on any atom is -1.00 e. The first kappa shape index (κ1) is 126. The van der Waals surface area contributed by atoms with Crippen LogP contribution in [0.2, 0.25) is 0 Å². The van der Waals surface area contributed by atoms with Crippen molar-refractivity contribution >= 4 is 0 Å². The Kier molecular flexibility index (Phi) is 8850. The molecule has 0 N–H and O–H groups in total. The maximum atomic E-state index is 8.75. The van der Waals surface area contributed by atoms with Crippen molar-refractivity contribution in [2.75, 3.05) is 0 Å². The Labute approximate surface area is 27.1 Å². The molecule has 0 saturated heterocycles. The number of halogens is 4. The van der Waals surface area contributed by atoms with E-state index in [1.165, 1.54) is 0 Å². The van der Waals surface area contributed by atoms with E-state index < -0.39 is 0 Å². The molecule has 0 bridgehead atoms. The molecule has 0 aromatic heterocycles. The molecule has 0 aromatic rings. The van der Waals surface area contributed by atoms with E-state index in [0.29, 0.717) is 0 Å². The smallest absolute Gasteiger partial charge is 1.00 e. The molecule has 0 aromatic carbocycles. The maximum absolute atomic E-state index is 8.75. The van der Waals surface area contributed by atoms with Gasteiger partial charge in [0.05, 0.1) is 0 Å². The molecule has 0 nitrogen and oxygen atoms in total. The molecular weight excluding hydrogens is 88.0 g/mol. The summed E-state index contributed by atoms with van der Waals surface area (Å²) in [7, 11) is 4.25.